The first kappa shape index (κ1) is 21.6. The maximum atomic E-state index is 13.5. The lowest BCUT2D eigenvalue weighted by molar-refractivity contribution is -0.141. The first-order valence-corrected chi connectivity index (χ1v) is 11.0. The van der Waals surface area contributed by atoms with Gasteiger partial charge in [-0.3, -0.25) is 9.59 Å². The number of piperazine rings is 1. The second kappa shape index (κ2) is 10.1. The predicted octanol–water partition coefficient (Wildman–Crippen LogP) is 3.88. The van der Waals surface area contributed by atoms with Crippen molar-refractivity contribution in [2.24, 2.45) is 0 Å². The molecule has 0 unspecified atom stereocenters. The van der Waals surface area contributed by atoms with E-state index in [-0.39, 0.29) is 24.3 Å². The van der Waals surface area contributed by atoms with Crippen LogP contribution in [0.1, 0.15) is 22.6 Å². The average molecular weight is 429 g/mol. The number of carbonyl (C=O) groups excluding carboxylic acids is 2. The summed E-state index contributed by atoms with van der Waals surface area (Å²) >= 11 is 0. The zero-order chi connectivity index (χ0) is 22.3. The molecule has 0 saturated carbocycles. The fourth-order valence-electron chi connectivity index (χ4n) is 4.07. The Morgan fingerprint density at radius 2 is 1.34 bits per heavy atom. The summed E-state index contributed by atoms with van der Waals surface area (Å²) in [5.41, 5.74) is 3.05. The third-order valence-electron chi connectivity index (χ3n) is 5.81. The normalized spacial score (nSPS) is 13.8. The van der Waals surface area contributed by atoms with Crippen molar-refractivity contribution in [2.45, 2.75) is 12.8 Å². The fourth-order valence-corrected chi connectivity index (χ4v) is 4.07. The van der Waals surface area contributed by atoms with Gasteiger partial charge in [-0.2, -0.15) is 0 Å². The highest BCUT2D eigenvalue weighted by Crippen LogP contribution is 2.27. The van der Waals surface area contributed by atoms with Crippen LogP contribution in [0.5, 0.6) is 5.75 Å². The van der Waals surface area contributed by atoms with Crippen LogP contribution in [0.3, 0.4) is 0 Å². The number of ether oxygens (including phenoxy) is 1. The molecule has 5 heteroatoms. The number of hydrogen-bond acceptors (Lipinski definition) is 3. The quantitative estimate of drug-likeness (QED) is 0.599. The Morgan fingerprint density at radius 1 is 0.781 bits per heavy atom. The van der Waals surface area contributed by atoms with Crippen molar-refractivity contribution in [3.63, 3.8) is 0 Å². The van der Waals surface area contributed by atoms with Crippen molar-refractivity contribution in [2.75, 3.05) is 32.8 Å². The molecule has 0 N–H and O–H groups in total. The summed E-state index contributed by atoms with van der Waals surface area (Å²) in [5.74, 6) is 0.372. The highest BCUT2D eigenvalue weighted by molar-refractivity contribution is 5.87. The van der Waals surface area contributed by atoms with Crippen molar-refractivity contribution in [1.82, 2.24) is 9.80 Å². The van der Waals surface area contributed by atoms with Gasteiger partial charge in [0.15, 0.2) is 6.61 Å². The number of nitrogens with zero attached hydrogens (tertiary/aromatic N) is 2. The Morgan fingerprint density at radius 3 is 1.91 bits per heavy atom. The molecule has 0 aromatic heterocycles. The smallest absolute Gasteiger partial charge is 0.260 e. The topological polar surface area (TPSA) is 49.9 Å². The molecule has 0 aliphatic carbocycles. The van der Waals surface area contributed by atoms with Crippen molar-refractivity contribution in [3.05, 3.63) is 102 Å². The van der Waals surface area contributed by atoms with E-state index in [9.17, 15) is 9.59 Å². The molecule has 0 atom stereocenters. The molecular weight excluding hydrogens is 400 g/mol. The first-order chi connectivity index (χ1) is 15.6. The molecule has 0 radical (unpaired) electrons. The Balaban J connectivity index is 1.38. The van der Waals surface area contributed by atoms with Crippen LogP contribution >= 0.6 is 0 Å². The van der Waals surface area contributed by atoms with Gasteiger partial charge in [0.1, 0.15) is 5.75 Å². The van der Waals surface area contributed by atoms with E-state index < -0.39 is 0 Å². The molecule has 5 nitrogen and oxygen atoms in total. The molecule has 3 aromatic rings. The lowest BCUT2D eigenvalue weighted by Gasteiger charge is -2.36. The Labute approximate surface area is 189 Å². The molecule has 1 aliphatic heterocycles. The average Bonchev–Trinajstić information content (AvgIpc) is 2.84. The molecule has 1 aliphatic rings. The maximum Gasteiger partial charge on any atom is 0.260 e. The van der Waals surface area contributed by atoms with Gasteiger partial charge in [-0.25, -0.2) is 0 Å². The number of aryl methyl sites for hydroxylation is 1. The van der Waals surface area contributed by atoms with Gasteiger partial charge in [-0.15, -0.1) is 0 Å². The number of carbonyl (C=O) groups is 2. The minimum atomic E-state index is -0.343. The molecule has 1 fully saturated rings. The molecule has 32 heavy (non-hydrogen) atoms. The molecule has 4 rings (SSSR count). The Kier molecular flexibility index (Phi) is 6.85. The zero-order valence-corrected chi connectivity index (χ0v) is 18.3. The maximum absolute atomic E-state index is 13.5. The van der Waals surface area contributed by atoms with E-state index in [1.165, 1.54) is 0 Å². The van der Waals surface area contributed by atoms with Crippen LogP contribution in [-0.2, 0) is 9.59 Å². The summed E-state index contributed by atoms with van der Waals surface area (Å²) in [7, 11) is 0. The fraction of sp³-hybridized carbons (Fsp3) is 0.259. The summed E-state index contributed by atoms with van der Waals surface area (Å²) in [6.45, 7) is 4.06. The van der Waals surface area contributed by atoms with Gasteiger partial charge >= 0.3 is 0 Å². The van der Waals surface area contributed by atoms with Crippen LogP contribution in [0.4, 0.5) is 0 Å². The first-order valence-electron chi connectivity index (χ1n) is 11.0. The highest BCUT2D eigenvalue weighted by Gasteiger charge is 2.30. The summed E-state index contributed by atoms with van der Waals surface area (Å²) < 4.78 is 5.66. The summed E-state index contributed by atoms with van der Waals surface area (Å²) in [6.07, 6.45) is 0. The Hall–Kier alpha value is -3.60. The van der Waals surface area contributed by atoms with Crippen molar-refractivity contribution in [1.29, 1.82) is 0 Å². The predicted molar refractivity (Wildman–Crippen MR) is 125 cm³/mol. The molecular formula is C27H28N2O3. The number of hydrogen-bond donors (Lipinski definition) is 0. The van der Waals surface area contributed by atoms with E-state index in [0.717, 1.165) is 16.7 Å². The molecule has 0 spiro atoms. The third-order valence-corrected chi connectivity index (χ3v) is 5.81. The molecule has 0 bridgehead atoms. The standard InChI is InChI=1S/C27H28N2O3/c1-21-9-8-14-24(19-21)32-20-25(30)28-15-17-29(18-16-28)27(31)26(22-10-4-2-5-11-22)23-12-6-3-7-13-23/h2-14,19,26H,15-18,20H2,1H3. The second-order valence-corrected chi connectivity index (χ2v) is 8.07. The molecule has 3 aromatic carbocycles. The van der Waals surface area contributed by atoms with E-state index in [1.807, 2.05) is 96.8 Å². The van der Waals surface area contributed by atoms with Crippen LogP contribution in [0.15, 0.2) is 84.9 Å². The molecule has 2 amide bonds. The van der Waals surface area contributed by atoms with E-state index in [0.29, 0.717) is 31.9 Å². The number of benzene rings is 3. The van der Waals surface area contributed by atoms with Crippen LogP contribution in [0.2, 0.25) is 0 Å². The van der Waals surface area contributed by atoms with Gasteiger partial charge in [-0.1, -0.05) is 72.8 Å². The van der Waals surface area contributed by atoms with Gasteiger partial charge < -0.3 is 14.5 Å². The summed E-state index contributed by atoms with van der Waals surface area (Å²) in [5, 5.41) is 0. The number of amides is 2. The zero-order valence-electron chi connectivity index (χ0n) is 18.3. The van der Waals surface area contributed by atoms with E-state index in [2.05, 4.69) is 0 Å². The Bertz CT molecular complexity index is 1010. The van der Waals surface area contributed by atoms with Gasteiger partial charge in [0.25, 0.3) is 5.91 Å². The van der Waals surface area contributed by atoms with Crippen LogP contribution in [-0.4, -0.2) is 54.4 Å². The molecule has 1 saturated heterocycles. The van der Waals surface area contributed by atoms with E-state index >= 15 is 0 Å². The van der Waals surface area contributed by atoms with Gasteiger partial charge in [0.2, 0.25) is 5.91 Å². The summed E-state index contributed by atoms with van der Waals surface area (Å²) in [4.78, 5) is 29.8. The largest absolute Gasteiger partial charge is 0.484 e. The van der Waals surface area contributed by atoms with Crippen LogP contribution < -0.4 is 4.74 Å². The van der Waals surface area contributed by atoms with E-state index in [1.54, 1.807) is 4.90 Å². The second-order valence-electron chi connectivity index (χ2n) is 8.07. The van der Waals surface area contributed by atoms with Crippen LogP contribution in [0, 0.1) is 6.92 Å². The minimum Gasteiger partial charge on any atom is -0.484 e. The SMILES string of the molecule is Cc1cccc(OCC(=O)N2CCN(C(=O)C(c3ccccc3)c3ccccc3)CC2)c1. The monoisotopic (exact) mass is 428 g/mol. The number of rotatable bonds is 6. The molecule has 164 valence electrons. The minimum absolute atomic E-state index is 0.00799. The van der Waals surface area contributed by atoms with E-state index in [4.69, 9.17) is 4.74 Å². The molecule has 1 heterocycles. The van der Waals surface area contributed by atoms with Gasteiger partial charge in [0, 0.05) is 26.2 Å². The highest BCUT2D eigenvalue weighted by atomic mass is 16.5. The lowest BCUT2D eigenvalue weighted by Crippen LogP contribution is -2.52. The third kappa shape index (κ3) is 5.17. The summed E-state index contributed by atoms with van der Waals surface area (Å²) in [6, 6.07) is 27.4. The van der Waals surface area contributed by atoms with Crippen molar-refractivity contribution < 1.29 is 14.3 Å². The van der Waals surface area contributed by atoms with Crippen molar-refractivity contribution >= 4 is 11.8 Å². The van der Waals surface area contributed by atoms with Crippen LogP contribution in [0.25, 0.3) is 0 Å². The van der Waals surface area contributed by atoms with Crippen molar-refractivity contribution in [3.8, 4) is 5.75 Å². The van der Waals surface area contributed by atoms with Gasteiger partial charge in [0.05, 0.1) is 5.92 Å². The van der Waals surface area contributed by atoms with Gasteiger partial charge in [-0.05, 0) is 35.7 Å². The lowest BCUT2D eigenvalue weighted by atomic mass is 9.90.